The predicted octanol–water partition coefficient (Wildman–Crippen LogP) is 2.97. The van der Waals surface area contributed by atoms with Crippen molar-refractivity contribution in [3.8, 4) is 0 Å². The van der Waals surface area contributed by atoms with Crippen molar-refractivity contribution in [2.75, 3.05) is 17.3 Å². The zero-order valence-electron chi connectivity index (χ0n) is 14.4. The molecular formula is C18H19N5O2. The van der Waals surface area contributed by atoms with Gasteiger partial charge in [-0.2, -0.15) is 4.98 Å². The highest BCUT2D eigenvalue weighted by atomic mass is 16.5. The van der Waals surface area contributed by atoms with E-state index in [4.69, 9.17) is 4.52 Å². The van der Waals surface area contributed by atoms with Crippen molar-refractivity contribution in [1.82, 2.24) is 15.1 Å². The molecule has 128 valence electrons. The van der Waals surface area contributed by atoms with Gasteiger partial charge in [0.15, 0.2) is 5.82 Å². The van der Waals surface area contributed by atoms with Crippen LogP contribution in [-0.4, -0.2) is 28.1 Å². The number of carbonyl (C=O) groups excluding carboxylic acids is 1. The quantitative estimate of drug-likeness (QED) is 0.770. The van der Waals surface area contributed by atoms with Crippen molar-refractivity contribution in [3.63, 3.8) is 0 Å². The molecule has 0 atom stereocenters. The number of hydrogen-bond acceptors (Lipinski definition) is 6. The van der Waals surface area contributed by atoms with E-state index in [-0.39, 0.29) is 5.91 Å². The lowest BCUT2D eigenvalue weighted by molar-refractivity contribution is 0.102. The number of amides is 1. The molecule has 0 fully saturated rings. The monoisotopic (exact) mass is 337 g/mol. The highest BCUT2D eigenvalue weighted by Crippen LogP contribution is 2.14. The summed E-state index contributed by atoms with van der Waals surface area (Å²) < 4.78 is 4.95. The molecule has 7 nitrogen and oxygen atoms in total. The third kappa shape index (κ3) is 4.20. The van der Waals surface area contributed by atoms with Gasteiger partial charge in [0.25, 0.3) is 5.91 Å². The highest BCUT2D eigenvalue weighted by Gasteiger charge is 2.11. The van der Waals surface area contributed by atoms with Crippen molar-refractivity contribution in [2.45, 2.75) is 20.4 Å². The smallest absolute Gasteiger partial charge is 0.257 e. The van der Waals surface area contributed by atoms with Gasteiger partial charge >= 0.3 is 0 Å². The highest BCUT2D eigenvalue weighted by molar-refractivity contribution is 6.04. The van der Waals surface area contributed by atoms with Gasteiger partial charge in [0.05, 0.1) is 12.1 Å². The molecule has 0 aliphatic carbocycles. The molecule has 7 heteroatoms. The molecule has 3 aromatic rings. The lowest BCUT2D eigenvalue weighted by Crippen LogP contribution is -2.19. The molecule has 25 heavy (non-hydrogen) atoms. The summed E-state index contributed by atoms with van der Waals surface area (Å²) in [6, 6.07) is 11.2. The summed E-state index contributed by atoms with van der Waals surface area (Å²) in [6.45, 7) is 4.22. The van der Waals surface area contributed by atoms with Gasteiger partial charge in [-0.3, -0.25) is 4.79 Å². The second-order valence-corrected chi connectivity index (χ2v) is 5.81. The van der Waals surface area contributed by atoms with Gasteiger partial charge in [-0.1, -0.05) is 22.9 Å². The number of rotatable bonds is 5. The fourth-order valence-electron chi connectivity index (χ4n) is 2.28. The maximum absolute atomic E-state index is 12.3. The topological polar surface area (TPSA) is 84.2 Å². The maximum Gasteiger partial charge on any atom is 0.257 e. The van der Waals surface area contributed by atoms with E-state index in [1.165, 1.54) is 0 Å². The van der Waals surface area contributed by atoms with Gasteiger partial charge in [-0.15, -0.1) is 0 Å². The summed E-state index contributed by atoms with van der Waals surface area (Å²) in [7, 11) is 1.88. The van der Waals surface area contributed by atoms with Gasteiger partial charge in [-0.25, -0.2) is 4.98 Å². The van der Waals surface area contributed by atoms with Crippen LogP contribution in [0.4, 0.5) is 11.5 Å². The number of nitrogens with one attached hydrogen (secondary N) is 1. The van der Waals surface area contributed by atoms with Gasteiger partial charge in [0.2, 0.25) is 5.89 Å². The Morgan fingerprint density at radius 1 is 1.16 bits per heavy atom. The fraction of sp³-hybridized carbons (Fsp3) is 0.222. The van der Waals surface area contributed by atoms with Gasteiger partial charge in [-0.05, 0) is 31.2 Å². The van der Waals surface area contributed by atoms with Crippen molar-refractivity contribution < 1.29 is 9.32 Å². The summed E-state index contributed by atoms with van der Waals surface area (Å²) in [6.07, 6.45) is 1.55. The molecule has 1 aromatic carbocycles. The summed E-state index contributed by atoms with van der Waals surface area (Å²) >= 11 is 0. The minimum atomic E-state index is -0.195. The molecular weight excluding hydrogens is 318 g/mol. The second kappa shape index (κ2) is 7.12. The Morgan fingerprint density at radius 2 is 1.92 bits per heavy atom. The lowest BCUT2D eigenvalue weighted by Gasteiger charge is -2.16. The van der Waals surface area contributed by atoms with Crippen LogP contribution in [0.25, 0.3) is 0 Å². The van der Waals surface area contributed by atoms with Crippen LogP contribution in [-0.2, 0) is 6.54 Å². The number of benzene rings is 1. The number of aromatic nitrogens is 3. The molecule has 1 N–H and O–H groups in total. The number of nitrogens with zero attached hydrogens (tertiary/aromatic N) is 4. The Kier molecular flexibility index (Phi) is 4.74. The molecule has 1 amide bonds. The van der Waals surface area contributed by atoms with Crippen LogP contribution in [0.15, 0.2) is 47.1 Å². The van der Waals surface area contributed by atoms with Crippen molar-refractivity contribution in [2.24, 2.45) is 0 Å². The first-order chi connectivity index (χ1) is 12.0. The lowest BCUT2D eigenvalue weighted by atomic mass is 10.2. The zero-order chi connectivity index (χ0) is 17.8. The molecule has 2 heterocycles. The molecule has 0 radical (unpaired) electrons. The first-order valence-electron chi connectivity index (χ1n) is 7.85. The SMILES string of the molecule is Cc1ccc(NC(=O)c2ccc(N(C)Cc3noc(C)n3)nc2)cc1. The molecule has 0 aliphatic heterocycles. The molecule has 0 saturated carbocycles. The van der Waals surface area contributed by atoms with E-state index in [2.05, 4.69) is 20.4 Å². The number of carbonyl (C=O) groups is 1. The van der Waals surface area contributed by atoms with Gasteiger partial charge in [0, 0.05) is 25.9 Å². The molecule has 0 bridgehead atoms. The minimum absolute atomic E-state index is 0.195. The Hall–Kier alpha value is -3.22. The normalized spacial score (nSPS) is 10.5. The largest absolute Gasteiger partial charge is 0.352 e. The molecule has 3 rings (SSSR count). The third-order valence-electron chi connectivity index (χ3n) is 3.66. The minimum Gasteiger partial charge on any atom is -0.352 e. The van der Waals surface area contributed by atoms with Crippen molar-refractivity contribution >= 4 is 17.4 Å². The van der Waals surface area contributed by atoms with Crippen molar-refractivity contribution in [1.29, 1.82) is 0 Å². The summed E-state index contributed by atoms with van der Waals surface area (Å²) in [5, 5.41) is 6.71. The summed E-state index contributed by atoms with van der Waals surface area (Å²) in [5.41, 5.74) is 2.39. The Morgan fingerprint density at radius 3 is 2.52 bits per heavy atom. The van der Waals surface area contributed by atoms with Crippen LogP contribution in [0.5, 0.6) is 0 Å². The van der Waals surface area contributed by atoms with E-state index in [1.807, 2.05) is 43.1 Å². The molecule has 0 saturated heterocycles. The fourth-order valence-corrected chi connectivity index (χ4v) is 2.28. The van der Waals surface area contributed by atoms with E-state index in [9.17, 15) is 4.79 Å². The molecule has 0 aliphatic rings. The average molecular weight is 337 g/mol. The first kappa shape index (κ1) is 16.6. The van der Waals surface area contributed by atoms with E-state index in [1.54, 1.807) is 25.3 Å². The van der Waals surface area contributed by atoms with E-state index >= 15 is 0 Å². The summed E-state index contributed by atoms with van der Waals surface area (Å²) in [4.78, 5) is 22.7. The number of hydrogen-bond donors (Lipinski definition) is 1. The van der Waals surface area contributed by atoms with E-state index in [0.29, 0.717) is 29.6 Å². The van der Waals surface area contributed by atoms with Gasteiger partial charge in [0.1, 0.15) is 5.82 Å². The van der Waals surface area contributed by atoms with Crippen LogP contribution in [0.2, 0.25) is 0 Å². The Balaban J connectivity index is 1.64. The zero-order valence-corrected chi connectivity index (χ0v) is 14.4. The van der Waals surface area contributed by atoms with E-state index < -0.39 is 0 Å². The van der Waals surface area contributed by atoms with Crippen LogP contribution >= 0.6 is 0 Å². The standard InChI is InChI=1S/C18H19N5O2/c1-12-4-7-15(8-5-12)21-18(24)14-6-9-17(19-10-14)23(3)11-16-20-13(2)25-22-16/h4-10H,11H2,1-3H3,(H,21,24). The number of pyridine rings is 1. The van der Waals surface area contributed by atoms with Crippen LogP contribution < -0.4 is 10.2 Å². The number of anilines is 2. The second-order valence-electron chi connectivity index (χ2n) is 5.81. The van der Waals surface area contributed by atoms with Crippen LogP contribution in [0.1, 0.15) is 27.6 Å². The molecule has 0 unspecified atom stereocenters. The van der Waals surface area contributed by atoms with Crippen molar-refractivity contribution in [3.05, 3.63) is 65.4 Å². The molecule has 2 aromatic heterocycles. The maximum atomic E-state index is 12.3. The number of aryl methyl sites for hydroxylation is 2. The average Bonchev–Trinajstić information content (AvgIpc) is 3.02. The van der Waals surface area contributed by atoms with Crippen LogP contribution in [0, 0.1) is 13.8 Å². The van der Waals surface area contributed by atoms with Crippen LogP contribution in [0.3, 0.4) is 0 Å². The molecule has 0 spiro atoms. The van der Waals surface area contributed by atoms with E-state index in [0.717, 1.165) is 11.3 Å². The predicted molar refractivity (Wildman–Crippen MR) is 94.5 cm³/mol. The Bertz CT molecular complexity index is 856. The van der Waals surface area contributed by atoms with Gasteiger partial charge < -0.3 is 14.7 Å². The third-order valence-corrected chi connectivity index (χ3v) is 3.66. The summed E-state index contributed by atoms with van der Waals surface area (Å²) in [5.74, 6) is 1.64. The Labute approximate surface area is 145 Å². The first-order valence-corrected chi connectivity index (χ1v) is 7.85.